The number of amides is 1. The fourth-order valence-electron chi connectivity index (χ4n) is 3.27. The van der Waals surface area contributed by atoms with Crippen molar-refractivity contribution in [3.8, 4) is 23.0 Å². The summed E-state index contributed by atoms with van der Waals surface area (Å²) in [4.78, 5) is 23.7. The Labute approximate surface area is 172 Å². The Hall–Kier alpha value is -3.94. The van der Waals surface area contributed by atoms with Crippen molar-refractivity contribution in [2.45, 2.75) is 12.8 Å². The van der Waals surface area contributed by atoms with Crippen molar-refractivity contribution < 1.29 is 34.8 Å². The number of hydrogen-bond donors (Lipinski definition) is 5. The van der Waals surface area contributed by atoms with E-state index in [1.165, 1.54) is 0 Å². The highest BCUT2D eigenvalue weighted by molar-refractivity contribution is 5.94. The number of aromatic hydroxyl groups is 3. The predicted octanol–water partition coefficient (Wildman–Crippen LogP) is 2.56. The number of carboxylic acid groups (broad SMARTS) is 1. The third-order valence-corrected chi connectivity index (χ3v) is 4.82. The summed E-state index contributed by atoms with van der Waals surface area (Å²) in [6.45, 7) is 0.280. The molecule has 1 amide bonds. The Morgan fingerprint density at radius 1 is 1.03 bits per heavy atom. The maximum Gasteiger partial charge on any atom is 0.336 e. The summed E-state index contributed by atoms with van der Waals surface area (Å²) in [6, 6.07) is 12.4. The number of hydrogen-bond acceptors (Lipinski definition) is 6. The molecular formula is C22H21NO7. The topological polar surface area (TPSA) is 136 Å². The lowest BCUT2D eigenvalue weighted by Crippen LogP contribution is -2.28. The van der Waals surface area contributed by atoms with Gasteiger partial charge in [-0.2, -0.15) is 0 Å². The SMILES string of the molecule is COc1ccc2cccc(CCNC(=O)Cc3c(C(=O)O)cc(O)c(O)c3O)c2c1. The average molecular weight is 411 g/mol. The van der Waals surface area contributed by atoms with E-state index >= 15 is 0 Å². The van der Waals surface area contributed by atoms with E-state index in [-0.39, 0.29) is 12.1 Å². The van der Waals surface area contributed by atoms with E-state index in [1.807, 2.05) is 36.4 Å². The molecule has 0 atom stereocenters. The number of aromatic carboxylic acids is 1. The summed E-state index contributed by atoms with van der Waals surface area (Å²) in [5, 5.41) is 43.1. The monoisotopic (exact) mass is 411 g/mol. The zero-order valence-electron chi connectivity index (χ0n) is 16.2. The molecular weight excluding hydrogens is 390 g/mol. The zero-order valence-corrected chi connectivity index (χ0v) is 16.2. The molecule has 0 spiro atoms. The third-order valence-electron chi connectivity index (χ3n) is 4.82. The van der Waals surface area contributed by atoms with Gasteiger partial charge in [0.05, 0.1) is 19.1 Å². The second-order valence-corrected chi connectivity index (χ2v) is 6.71. The van der Waals surface area contributed by atoms with E-state index in [2.05, 4.69) is 5.32 Å². The van der Waals surface area contributed by atoms with Crippen molar-refractivity contribution in [2.75, 3.05) is 13.7 Å². The van der Waals surface area contributed by atoms with Gasteiger partial charge in [0, 0.05) is 12.1 Å². The van der Waals surface area contributed by atoms with Crippen LogP contribution in [-0.4, -0.2) is 46.0 Å². The van der Waals surface area contributed by atoms with Crippen LogP contribution in [0.25, 0.3) is 10.8 Å². The molecule has 0 fully saturated rings. The van der Waals surface area contributed by atoms with Crippen molar-refractivity contribution in [2.24, 2.45) is 0 Å². The minimum Gasteiger partial charge on any atom is -0.504 e. The number of rotatable bonds is 7. The first-order valence-corrected chi connectivity index (χ1v) is 9.14. The molecule has 0 unspecified atom stereocenters. The van der Waals surface area contributed by atoms with Gasteiger partial charge in [0.1, 0.15) is 5.75 Å². The van der Waals surface area contributed by atoms with Crippen LogP contribution in [0, 0.1) is 0 Å². The van der Waals surface area contributed by atoms with Crippen molar-refractivity contribution in [1.29, 1.82) is 0 Å². The van der Waals surface area contributed by atoms with Gasteiger partial charge in [0.2, 0.25) is 11.7 Å². The van der Waals surface area contributed by atoms with Gasteiger partial charge in [0.15, 0.2) is 11.5 Å². The molecule has 0 aliphatic rings. The second-order valence-electron chi connectivity index (χ2n) is 6.71. The fourth-order valence-corrected chi connectivity index (χ4v) is 3.27. The number of phenols is 3. The molecule has 0 saturated carbocycles. The smallest absolute Gasteiger partial charge is 0.336 e. The summed E-state index contributed by atoms with van der Waals surface area (Å²) in [5.41, 5.74) is 0.271. The van der Waals surface area contributed by atoms with Crippen LogP contribution in [0.5, 0.6) is 23.0 Å². The van der Waals surface area contributed by atoms with Gasteiger partial charge in [-0.15, -0.1) is 0 Å². The maximum atomic E-state index is 12.3. The molecule has 3 rings (SSSR count). The molecule has 3 aromatic carbocycles. The van der Waals surface area contributed by atoms with E-state index in [0.717, 1.165) is 28.2 Å². The van der Waals surface area contributed by atoms with Crippen LogP contribution < -0.4 is 10.1 Å². The van der Waals surface area contributed by atoms with E-state index in [1.54, 1.807) is 7.11 Å². The summed E-state index contributed by atoms with van der Waals surface area (Å²) in [5.74, 6) is -3.72. The van der Waals surface area contributed by atoms with Crippen molar-refractivity contribution in [1.82, 2.24) is 5.32 Å². The van der Waals surface area contributed by atoms with Gasteiger partial charge in [-0.3, -0.25) is 4.79 Å². The molecule has 0 heterocycles. The summed E-state index contributed by atoms with van der Waals surface area (Å²) >= 11 is 0. The highest BCUT2D eigenvalue weighted by atomic mass is 16.5. The van der Waals surface area contributed by atoms with E-state index in [0.29, 0.717) is 6.42 Å². The molecule has 0 aromatic heterocycles. The molecule has 5 N–H and O–H groups in total. The van der Waals surface area contributed by atoms with E-state index < -0.39 is 41.1 Å². The Morgan fingerprint density at radius 2 is 1.80 bits per heavy atom. The lowest BCUT2D eigenvalue weighted by molar-refractivity contribution is -0.120. The van der Waals surface area contributed by atoms with Crippen molar-refractivity contribution >= 4 is 22.6 Å². The summed E-state index contributed by atoms with van der Waals surface area (Å²) < 4.78 is 5.27. The van der Waals surface area contributed by atoms with Crippen LogP contribution in [-0.2, 0) is 17.6 Å². The van der Waals surface area contributed by atoms with Crippen molar-refractivity contribution in [3.63, 3.8) is 0 Å². The number of carbonyl (C=O) groups is 2. The highest BCUT2D eigenvalue weighted by Crippen LogP contribution is 2.39. The molecule has 3 aromatic rings. The number of carboxylic acids is 1. The number of ether oxygens (including phenoxy) is 1. The van der Waals surface area contributed by atoms with Crippen LogP contribution in [0.4, 0.5) is 0 Å². The fraction of sp³-hybridized carbons (Fsp3) is 0.182. The van der Waals surface area contributed by atoms with Gasteiger partial charge in [-0.25, -0.2) is 4.79 Å². The third kappa shape index (κ3) is 4.22. The molecule has 0 aliphatic carbocycles. The number of fused-ring (bicyclic) bond motifs is 1. The van der Waals surface area contributed by atoms with Crippen LogP contribution in [0.1, 0.15) is 21.5 Å². The van der Waals surface area contributed by atoms with Crippen LogP contribution in [0.3, 0.4) is 0 Å². The van der Waals surface area contributed by atoms with Crippen LogP contribution in [0.15, 0.2) is 42.5 Å². The van der Waals surface area contributed by atoms with Gasteiger partial charge in [0.25, 0.3) is 0 Å². The molecule has 8 heteroatoms. The average Bonchev–Trinajstić information content (AvgIpc) is 2.73. The number of nitrogens with one attached hydrogen (secondary N) is 1. The first kappa shape index (κ1) is 20.8. The van der Waals surface area contributed by atoms with E-state index in [9.17, 15) is 30.0 Å². The molecule has 0 aliphatic heterocycles. The lowest BCUT2D eigenvalue weighted by atomic mass is 10.0. The van der Waals surface area contributed by atoms with Gasteiger partial charge in [-0.05, 0) is 41.0 Å². The summed E-state index contributed by atoms with van der Waals surface area (Å²) in [7, 11) is 1.59. The van der Waals surface area contributed by atoms with E-state index in [4.69, 9.17) is 4.74 Å². The summed E-state index contributed by atoms with van der Waals surface area (Å²) in [6.07, 6.45) is 0.0551. The minimum atomic E-state index is -1.44. The van der Waals surface area contributed by atoms with Gasteiger partial charge < -0.3 is 30.5 Å². The maximum absolute atomic E-state index is 12.3. The molecule has 0 bridgehead atoms. The first-order chi connectivity index (χ1) is 14.3. The number of phenolic OH excluding ortho intramolecular Hbond substituents is 3. The molecule has 0 radical (unpaired) electrons. The Bertz CT molecular complexity index is 1120. The largest absolute Gasteiger partial charge is 0.504 e. The molecule has 156 valence electrons. The van der Waals surface area contributed by atoms with Crippen LogP contribution >= 0.6 is 0 Å². The number of carbonyl (C=O) groups excluding carboxylic acids is 1. The Balaban J connectivity index is 1.72. The lowest BCUT2D eigenvalue weighted by Gasteiger charge is -2.12. The van der Waals surface area contributed by atoms with Gasteiger partial charge >= 0.3 is 5.97 Å². The van der Waals surface area contributed by atoms with Gasteiger partial charge in [-0.1, -0.05) is 24.3 Å². The van der Waals surface area contributed by atoms with Crippen molar-refractivity contribution in [3.05, 3.63) is 59.2 Å². The number of benzene rings is 3. The normalized spacial score (nSPS) is 10.7. The molecule has 30 heavy (non-hydrogen) atoms. The first-order valence-electron chi connectivity index (χ1n) is 9.14. The molecule has 0 saturated heterocycles. The predicted molar refractivity (Wildman–Crippen MR) is 109 cm³/mol. The quantitative estimate of drug-likeness (QED) is 0.377. The Morgan fingerprint density at radius 3 is 2.50 bits per heavy atom. The number of methoxy groups -OCH3 is 1. The minimum absolute atomic E-state index is 0.273. The highest BCUT2D eigenvalue weighted by Gasteiger charge is 2.22. The van der Waals surface area contributed by atoms with Crippen LogP contribution in [0.2, 0.25) is 0 Å². The standard InChI is InChI=1S/C22H21NO7/c1-30-14-6-5-12-3-2-4-13(15(12)9-14)7-8-23-19(25)11-16-17(22(28)29)10-18(24)21(27)20(16)26/h2-6,9-10,24,26-27H,7-8,11H2,1H3,(H,23,25)(H,28,29). The molecule has 8 nitrogen and oxygen atoms in total. The Kier molecular flexibility index (Phi) is 5.96. The zero-order chi connectivity index (χ0) is 21.8. The second kappa shape index (κ2) is 8.60.